The van der Waals surface area contributed by atoms with Gasteiger partial charge in [0, 0.05) is 44.5 Å². The molecule has 2 aromatic carbocycles. The number of halogens is 3. The summed E-state index contributed by atoms with van der Waals surface area (Å²) in [5, 5.41) is 9.47. The highest BCUT2D eigenvalue weighted by Gasteiger charge is 2.46. The molecule has 5 heterocycles. The van der Waals surface area contributed by atoms with Gasteiger partial charge in [0.1, 0.15) is 11.6 Å². The number of aromatic nitrogens is 2. The molecule has 1 spiro atoms. The Balaban J connectivity index is 0.903. The fourth-order valence-corrected chi connectivity index (χ4v) is 7.67. The standard InChI is InChI=1S/C39H38F3N7O5/c1-37(2,36(54)44-29-8-5-25(39(40,41)42)17-31(29)46-15-13-38(11-12-38)14-16-46)48-22-23(19-43-48)3-4-24-20-47(21-24)26-6-7-27-28(18-26)35(53)49(34(27)52)30-9-10-32(50)45-33(30)51/h5-8,17-19,22,24,30H,9-16,20-21H2,1-2H3,(H,44,54)(H,45,50,51). The molecule has 3 aromatic rings. The predicted molar refractivity (Wildman–Crippen MR) is 190 cm³/mol. The number of hydrogen-bond acceptors (Lipinski definition) is 8. The first-order valence-electron chi connectivity index (χ1n) is 18.1. The Labute approximate surface area is 309 Å². The molecule has 1 unspecified atom stereocenters. The maximum absolute atomic E-state index is 13.7. The SMILES string of the molecule is CC(C)(C(=O)Nc1ccc(C(F)(F)F)cc1N1CCC2(CC1)CC2)n1cc(C#CC2CN(c3ccc4c(c3)C(=O)N(C3CCC(=O)NC3=O)C4=O)C2)cn1. The molecule has 15 heteroatoms. The zero-order chi connectivity index (χ0) is 38.2. The van der Waals surface area contributed by atoms with E-state index in [1.54, 1.807) is 44.4 Å². The first-order chi connectivity index (χ1) is 25.6. The van der Waals surface area contributed by atoms with E-state index in [0.717, 1.165) is 48.4 Å². The van der Waals surface area contributed by atoms with Crippen LogP contribution in [0.3, 0.4) is 0 Å². The Hall–Kier alpha value is -5.65. The van der Waals surface area contributed by atoms with Crippen molar-refractivity contribution >= 4 is 46.6 Å². The van der Waals surface area contributed by atoms with Gasteiger partial charge >= 0.3 is 6.18 Å². The first kappa shape index (κ1) is 35.4. The van der Waals surface area contributed by atoms with Crippen molar-refractivity contribution in [2.45, 2.75) is 70.1 Å². The highest BCUT2D eigenvalue weighted by molar-refractivity contribution is 6.23. The fraction of sp³-hybridized carbons (Fsp3) is 0.436. The van der Waals surface area contributed by atoms with Gasteiger partial charge in [-0.2, -0.15) is 18.3 Å². The Morgan fingerprint density at radius 3 is 2.35 bits per heavy atom. The summed E-state index contributed by atoms with van der Waals surface area (Å²) in [4.78, 5) is 68.8. The topological polar surface area (TPSA) is 137 Å². The Morgan fingerprint density at radius 1 is 0.944 bits per heavy atom. The molecule has 3 saturated heterocycles. The average molecular weight is 742 g/mol. The average Bonchev–Trinajstić information content (AvgIpc) is 3.58. The number of alkyl halides is 3. The van der Waals surface area contributed by atoms with Gasteiger partial charge in [-0.3, -0.25) is 38.9 Å². The minimum atomic E-state index is -4.51. The summed E-state index contributed by atoms with van der Waals surface area (Å²) < 4.78 is 42.6. The number of nitrogens with one attached hydrogen (secondary N) is 2. The van der Waals surface area contributed by atoms with Crippen LogP contribution >= 0.6 is 0 Å². The van der Waals surface area contributed by atoms with E-state index in [0.29, 0.717) is 48.5 Å². The lowest BCUT2D eigenvalue weighted by Crippen LogP contribution is -2.54. The Kier molecular flexibility index (Phi) is 8.35. The molecule has 12 nitrogen and oxygen atoms in total. The van der Waals surface area contributed by atoms with Gasteiger partial charge in [0.2, 0.25) is 11.8 Å². The zero-order valence-electron chi connectivity index (χ0n) is 29.8. The summed E-state index contributed by atoms with van der Waals surface area (Å²) in [6.07, 6.45) is 3.00. The van der Waals surface area contributed by atoms with Crippen LogP contribution in [0.4, 0.5) is 30.2 Å². The van der Waals surface area contributed by atoms with Crippen molar-refractivity contribution in [1.82, 2.24) is 20.0 Å². The van der Waals surface area contributed by atoms with E-state index >= 15 is 0 Å². The summed E-state index contributed by atoms with van der Waals surface area (Å²) in [6, 6.07) is 7.39. The second-order valence-corrected chi connectivity index (χ2v) is 15.5. The second kappa shape index (κ2) is 12.7. The third-order valence-electron chi connectivity index (χ3n) is 11.5. The number of rotatable bonds is 6. The molecule has 0 radical (unpaired) electrons. The molecule has 1 aliphatic carbocycles. The summed E-state index contributed by atoms with van der Waals surface area (Å²) in [6.45, 7) is 5.76. The molecule has 0 bridgehead atoms. The molecular weight excluding hydrogens is 703 g/mol. The van der Waals surface area contributed by atoms with Crippen LogP contribution < -0.4 is 20.4 Å². The number of fused-ring (bicyclic) bond motifs is 1. The van der Waals surface area contributed by atoms with Gasteiger partial charge in [-0.05, 0) is 87.8 Å². The van der Waals surface area contributed by atoms with Crippen molar-refractivity contribution in [2.75, 3.05) is 41.3 Å². The van der Waals surface area contributed by atoms with E-state index in [1.165, 1.54) is 10.7 Å². The van der Waals surface area contributed by atoms with Crippen LogP contribution in [0.1, 0.15) is 84.2 Å². The number of benzene rings is 2. The summed E-state index contributed by atoms with van der Waals surface area (Å²) in [7, 11) is 0. The molecular formula is C39H38F3N7O5. The van der Waals surface area contributed by atoms with E-state index < -0.39 is 52.9 Å². The van der Waals surface area contributed by atoms with Crippen LogP contribution in [-0.2, 0) is 26.1 Å². The van der Waals surface area contributed by atoms with Crippen molar-refractivity contribution in [2.24, 2.45) is 11.3 Å². The van der Waals surface area contributed by atoms with Crippen molar-refractivity contribution in [1.29, 1.82) is 0 Å². The number of nitrogens with zero attached hydrogens (tertiary/aromatic N) is 5. The van der Waals surface area contributed by atoms with Crippen LogP contribution in [-0.4, -0.2) is 76.4 Å². The quantitative estimate of drug-likeness (QED) is 0.278. The van der Waals surface area contributed by atoms with Gasteiger partial charge in [-0.1, -0.05) is 11.8 Å². The van der Waals surface area contributed by atoms with Crippen LogP contribution in [0.15, 0.2) is 48.8 Å². The second-order valence-electron chi connectivity index (χ2n) is 15.5. The van der Waals surface area contributed by atoms with Gasteiger partial charge in [-0.25, -0.2) is 0 Å². The Morgan fingerprint density at radius 2 is 1.67 bits per heavy atom. The molecule has 4 aliphatic heterocycles. The van der Waals surface area contributed by atoms with Crippen molar-refractivity contribution < 1.29 is 37.1 Å². The monoisotopic (exact) mass is 741 g/mol. The first-order valence-corrected chi connectivity index (χ1v) is 18.1. The molecule has 54 heavy (non-hydrogen) atoms. The number of hydrogen-bond donors (Lipinski definition) is 2. The zero-order valence-corrected chi connectivity index (χ0v) is 29.8. The lowest BCUT2D eigenvalue weighted by Gasteiger charge is -2.38. The van der Waals surface area contributed by atoms with E-state index in [9.17, 15) is 37.1 Å². The molecule has 5 amide bonds. The van der Waals surface area contributed by atoms with E-state index in [1.807, 2.05) is 9.80 Å². The largest absolute Gasteiger partial charge is 0.416 e. The number of carbonyl (C=O) groups excluding carboxylic acids is 5. The third kappa shape index (κ3) is 6.37. The summed E-state index contributed by atoms with van der Waals surface area (Å²) >= 11 is 0. The normalized spacial score (nSPS) is 21.1. The number of imide groups is 2. The molecule has 8 rings (SSSR count). The fourth-order valence-electron chi connectivity index (χ4n) is 7.67. The number of anilines is 3. The van der Waals surface area contributed by atoms with Crippen LogP contribution in [0.25, 0.3) is 0 Å². The van der Waals surface area contributed by atoms with Gasteiger partial charge in [0.05, 0.1) is 45.7 Å². The number of piperidine rings is 2. The Bertz CT molecular complexity index is 2160. The van der Waals surface area contributed by atoms with Gasteiger partial charge in [0.25, 0.3) is 17.7 Å². The highest BCUT2D eigenvalue weighted by Crippen LogP contribution is 2.54. The lowest BCUT2D eigenvalue weighted by molar-refractivity contribution is -0.138. The summed E-state index contributed by atoms with van der Waals surface area (Å²) in [5.74, 6) is 3.68. The smallest absolute Gasteiger partial charge is 0.370 e. The summed E-state index contributed by atoms with van der Waals surface area (Å²) in [5.41, 5.74) is 0.802. The predicted octanol–water partition coefficient (Wildman–Crippen LogP) is 4.55. The van der Waals surface area contributed by atoms with Crippen molar-refractivity contribution in [3.8, 4) is 11.8 Å². The van der Waals surface area contributed by atoms with Crippen LogP contribution in [0.5, 0.6) is 0 Å². The molecule has 2 N–H and O–H groups in total. The van der Waals surface area contributed by atoms with Gasteiger partial charge in [-0.15, -0.1) is 0 Å². The van der Waals surface area contributed by atoms with E-state index in [-0.39, 0.29) is 29.9 Å². The van der Waals surface area contributed by atoms with Gasteiger partial charge < -0.3 is 15.1 Å². The molecule has 280 valence electrons. The van der Waals surface area contributed by atoms with Crippen LogP contribution in [0.2, 0.25) is 0 Å². The van der Waals surface area contributed by atoms with E-state index in [2.05, 4.69) is 27.6 Å². The molecule has 1 saturated carbocycles. The maximum Gasteiger partial charge on any atom is 0.416 e. The lowest BCUT2D eigenvalue weighted by atomic mass is 9.93. The molecule has 1 aromatic heterocycles. The highest BCUT2D eigenvalue weighted by atomic mass is 19.4. The molecule has 5 aliphatic rings. The van der Waals surface area contributed by atoms with Gasteiger partial charge in [0.15, 0.2) is 0 Å². The van der Waals surface area contributed by atoms with E-state index in [4.69, 9.17) is 0 Å². The molecule has 1 atom stereocenters. The minimum Gasteiger partial charge on any atom is -0.370 e. The number of carbonyl (C=O) groups is 5. The molecule has 4 fully saturated rings. The minimum absolute atomic E-state index is 0.00195. The van der Waals surface area contributed by atoms with Crippen molar-refractivity contribution in [3.05, 3.63) is 71.0 Å². The van der Waals surface area contributed by atoms with Crippen LogP contribution in [0, 0.1) is 23.2 Å². The third-order valence-corrected chi connectivity index (χ3v) is 11.5. The maximum atomic E-state index is 13.7. The number of amides is 5. The van der Waals surface area contributed by atoms with Crippen molar-refractivity contribution in [3.63, 3.8) is 0 Å².